The van der Waals surface area contributed by atoms with E-state index in [2.05, 4.69) is 16.2 Å². The van der Waals surface area contributed by atoms with E-state index in [0.29, 0.717) is 12.0 Å². The van der Waals surface area contributed by atoms with Gasteiger partial charge in [0.2, 0.25) is 0 Å². The molecule has 5 nitrogen and oxygen atoms in total. The van der Waals surface area contributed by atoms with Crippen molar-refractivity contribution in [2.75, 3.05) is 6.61 Å². The third kappa shape index (κ3) is 6.31. The Kier molecular flexibility index (Phi) is 6.70. The lowest BCUT2D eigenvalue weighted by Gasteiger charge is -2.05. The summed E-state index contributed by atoms with van der Waals surface area (Å²) in [6, 6.07) is 0. The zero-order valence-electron chi connectivity index (χ0n) is 8.91. The number of hydrogen-bond acceptors (Lipinski definition) is 4. The lowest BCUT2D eigenvalue weighted by Crippen LogP contribution is -2.28. The molecule has 15 heavy (non-hydrogen) atoms. The summed E-state index contributed by atoms with van der Waals surface area (Å²) >= 11 is 0. The fourth-order valence-electron chi connectivity index (χ4n) is 0.673. The van der Waals surface area contributed by atoms with Gasteiger partial charge in [-0.2, -0.15) is 0 Å². The maximum atomic E-state index is 11.2. The molecule has 0 rings (SSSR count). The van der Waals surface area contributed by atoms with Gasteiger partial charge in [0.25, 0.3) is 0 Å². The molecule has 0 aliphatic heterocycles. The summed E-state index contributed by atoms with van der Waals surface area (Å²) in [4.78, 5) is 26.3. The molecule has 0 radical (unpaired) electrons. The van der Waals surface area contributed by atoms with Gasteiger partial charge in [0.15, 0.2) is 0 Å². The van der Waals surface area contributed by atoms with Crippen LogP contribution in [-0.2, 0) is 14.4 Å². The van der Waals surface area contributed by atoms with Gasteiger partial charge < -0.3 is 9.57 Å². The highest BCUT2D eigenvalue weighted by Gasteiger charge is 2.08. The topological polar surface area (TPSA) is 64.6 Å². The molecule has 0 spiro atoms. The summed E-state index contributed by atoms with van der Waals surface area (Å²) in [5.41, 5.74) is 2.26. The first-order valence-corrected chi connectivity index (χ1v) is 4.53. The average Bonchev–Trinajstić information content (AvgIpc) is 2.22. The molecule has 0 heterocycles. The fourth-order valence-corrected chi connectivity index (χ4v) is 0.673. The number of amides is 1. The van der Waals surface area contributed by atoms with Gasteiger partial charge in [0.1, 0.15) is 0 Å². The molecule has 0 aromatic carbocycles. The van der Waals surface area contributed by atoms with Crippen LogP contribution >= 0.6 is 0 Å². The number of carbonyl (C=O) groups excluding carboxylic acids is 2. The first-order chi connectivity index (χ1) is 7.11. The zero-order valence-corrected chi connectivity index (χ0v) is 8.91. The van der Waals surface area contributed by atoms with E-state index in [-0.39, 0.29) is 6.61 Å². The van der Waals surface area contributed by atoms with E-state index in [1.165, 1.54) is 0 Å². The molecule has 0 saturated heterocycles. The molecule has 0 unspecified atom stereocenters. The van der Waals surface area contributed by atoms with Crippen molar-refractivity contribution < 1.29 is 19.2 Å². The van der Waals surface area contributed by atoms with Crippen molar-refractivity contribution in [1.29, 1.82) is 0 Å². The number of carbonyl (C=O) groups is 2. The Hall–Kier alpha value is -1.78. The number of hydroxylamine groups is 1. The minimum Gasteiger partial charge on any atom is -0.448 e. The SMILES string of the molecule is C=CCC=C(C)C(=O)ONC(=O)OCC. The van der Waals surface area contributed by atoms with Crippen LogP contribution in [0, 0.1) is 0 Å². The predicted octanol–water partition coefficient (Wildman–Crippen LogP) is 1.71. The Morgan fingerprint density at radius 2 is 2.13 bits per heavy atom. The van der Waals surface area contributed by atoms with Crippen molar-refractivity contribution in [2.24, 2.45) is 0 Å². The summed E-state index contributed by atoms with van der Waals surface area (Å²) in [5.74, 6) is -0.620. The van der Waals surface area contributed by atoms with E-state index < -0.39 is 12.1 Å². The molecule has 1 N–H and O–H groups in total. The van der Waals surface area contributed by atoms with Crippen LogP contribution < -0.4 is 5.48 Å². The Bertz CT molecular complexity index is 271. The van der Waals surface area contributed by atoms with Crippen molar-refractivity contribution in [1.82, 2.24) is 5.48 Å². The summed E-state index contributed by atoms with van der Waals surface area (Å²) < 4.78 is 4.49. The van der Waals surface area contributed by atoms with Gasteiger partial charge in [-0.25, -0.2) is 9.59 Å². The van der Waals surface area contributed by atoms with E-state index in [1.807, 2.05) is 5.48 Å². The van der Waals surface area contributed by atoms with Gasteiger partial charge >= 0.3 is 12.1 Å². The third-order valence-electron chi connectivity index (χ3n) is 1.42. The Balaban J connectivity index is 3.92. The number of hydrogen-bond donors (Lipinski definition) is 1. The normalized spacial score (nSPS) is 10.4. The minimum absolute atomic E-state index is 0.217. The maximum Gasteiger partial charge on any atom is 0.440 e. The molecule has 1 amide bonds. The van der Waals surface area contributed by atoms with Crippen molar-refractivity contribution in [3.8, 4) is 0 Å². The Morgan fingerprint density at radius 1 is 1.47 bits per heavy atom. The number of allylic oxidation sites excluding steroid dienone is 2. The second-order valence-corrected chi connectivity index (χ2v) is 2.62. The second kappa shape index (κ2) is 7.61. The van der Waals surface area contributed by atoms with Gasteiger partial charge in [0.05, 0.1) is 6.61 Å². The highest BCUT2D eigenvalue weighted by Crippen LogP contribution is 1.98. The van der Waals surface area contributed by atoms with Crippen LogP contribution in [0.25, 0.3) is 0 Å². The Morgan fingerprint density at radius 3 is 2.67 bits per heavy atom. The molecule has 0 bridgehead atoms. The zero-order chi connectivity index (χ0) is 11.7. The maximum absolute atomic E-state index is 11.2. The summed E-state index contributed by atoms with van der Waals surface area (Å²) in [5, 5.41) is 0. The van der Waals surface area contributed by atoms with E-state index >= 15 is 0 Å². The van der Waals surface area contributed by atoms with E-state index in [9.17, 15) is 9.59 Å². The smallest absolute Gasteiger partial charge is 0.440 e. The molecule has 5 heteroatoms. The van der Waals surface area contributed by atoms with Crippen LogP contribution in [-0.4, -0.2) is 18.7 Å². The second-order valence-electron chi connectivity index (χ2n) is 2.62. The lowest BCUT2D eigenvalue weighted by molar-refractivity contribution is -0.144. The van der Waals surface area contributed by atoms with Gasteiger partial charge in [-0.15, -0.1) is 12.1 Å². The molecule has 0 saturated carbocycles. The van der Waals surface area contributed by atoms with Crippen LogP contribution in [0.2, 0.25) is 0 Å². The molecule has 0 aliphatic carbocycles. The highest BCUT2D eigenvalue weighted by atomic mass is 16.7. The average molecular weight is 213 g/mol. The third-order valence-corrected chi connectivity index (χ3v) is 1.42. The summed E-state index contributed by atoms with van der Waals surface area (Å²) in [6.45, 7) is 6.95. The van der Waals surface area contributed by atoms with Gasteiger partial charge in [-0.1, -0.05) is 12.2 Å². The molecule has 0 aromatic rings. The number of nitrogens with one attached hydrogen (secondary N) is 1. The van der Waals surface area contributed by atoms with Crippen LogP contribution in [0.1, 0.15) is 20.3 Å². The van der Waals surface area contributed by atoms with Crippen LogP contribution in [0.4, 0.5) is 4.79 Å². The standard InChI is InChI=1S/C10H15NO4/c1-4-6-7-8(3)9(12)15-11-10(13)14-5-2/h4,7H,1,5-6H2,2-3H3,(H,11,13). The first-order valence-electron chi connectivity index (χ1n) is 4.53. The molecular formula is C10H15NO4. The number of ether oxygens (including phenoxy) is 1. The molecular weight excluding hydrogens is 198 g/mol. The molecule has 0 atom stereocenters. The molecule has 0 fully saturated rings. The largest absolute Gasteiger partial charge is 0.448 e. The predicted molar refractivity (Wildman–Crippen MR) is 54.8 cm³/mol. The lowest BCUT2D eigenvalue weighted by atomic mass is 10.2. The molecule has 0 aliphatic rings. The first kappa shape index (κ1) is 13.2. The molecule has 84 valence electrons. The monoisotopic (exact) mass is 213 g/mol. The minimum atomic E-state index is -0.789. The van der Waals surface area contributed by atoms with Gasteiger partial charge in [-0.05, 0) is 20.3 Å². The summed E-state index contributed by atoms with van der Waals surface area (Å²) in [6.07, 6.45) is 3.07. The number of rotatable bonds is 4. The van der Waals surface area contributed by atoms with E-state index in [4.69, 9.17) is 0 Å². The molecule has 0 aromatic heterocycles. The summed E-state index contributed by atoms with van der Waals surface area (Å²) in [7, 11) is 0. The van der Waals surface area contributed by atoms with Crippen molar-refractivity contribution in [3.63, 3.8) is 0 Å². The van der Waals surface area contributed by atoms with Crippen molar-refractivity contribution >= 4 is 12.1 Å². The highest BCUT2D eigenvalue weighted by molar-refractivity contribution is 5.88. The van der Waals surface area contributed by atoms with Crippen LogP contribution in [0.3, 0.4) is 0 Å². The van der Waals surface area contributed by atoms with E-state index in [1.54, 1.807) is 26.0 Å². The van der Waals surface area contributed by atoms with Crippen molar-refractivity contribution in [3.05, 3.63) is 24.3 Å². The van der Waals surface area contributed by atoms with Gasteiger partial charge in [0, 0.05) is 5.57 Å². The van der Waals surface area contributed by atoms with E-state index in [0.717, 1.165) is 0 Å². The van der Waals surface area contributed by atoms with Crippen LogP contribution in [0.5, 0.6) is 0 Å². The Labute approximate surface area is 88.7 Å². The van der Waals surface area contributed by atoms with Gasteiger partial charge in [-0.3, -0.25) is 0 Å². The van der Waals surface area contributed by atoms with Crippen LogP contribution in [0.15, 0.2) is 24.3 Å². The van der Waals surface area contributed by atoms with Crippen molar-refractivity contribution in [2.45, 2.75) is 20.3 Å². The quantitative estimate of drug-likeness (QED) is 0.438. The fraction of sp³-hybridized carbons (Fsp3) is 0.400.